The molecule has 7 nitrogen and oxygen atoms in total. The third kappa shape index (κ3) is 9.34. The van der Waals surface area contributed by atoms with Gasteiger partial charge in [-0.2, -0.15) is 0 Å². The Morgan fingerprint density at radius 1 is 1.15 bits per heavy atom. The minimum absolute atomic E-state index is 0.00758. The Hall–Kier alpha value is -1.45. The predicted molar refractivity (Wildman–Crippen MR) is 107 cm³/mol. The summed E-state index contributed by atoms with van der Waals surface area (Å²) >= 11 is 3.25. The average Bonchev–Trinajstić information content (AvgIpc) is 2.53. The summed E-state index contributed by atoms with van der Waals surface area (Å²) in [6.07, 6.45) is 0.756. The van der Waals surface area contributed by atoms with Gasteiger partial charge in [0.25, 0.3) is 0 Å². The summed E-state index contributed by atoms with van der Waals surface area (Å²) in [7, 11) is -2.02. The number of carbonyl (C=O) groups is 2. The minimum Gasteiger partial charge on any atom is -0.460 e. The van der Waals surface area contributed by atoms with Crippen molar-refractivity contribution in [1.29, 1.82) is 0 Å². The summed E-state index contributed by atoms with van der Waals surface area (Å²) < 4.78 is 32.7. The molecule has 0 aliphatic heterocycles. The average molecular weight is 463 g/mol. The van der Waals surface area contributed by atoms with Crippen molar-refractivity contribution in [3.8, 4) is 0 Å². The molecule has 0 saturated heterocycles. The van der Waals surface area contributed by atoms with E-state index in [1.807, 2.05) is 0 Å². The topological polar surface area (TPSA) is 92.8 Å². The molecular weight excluding hydrogens is 436 g/mol. The van der Waals surface area contributed by atoms with Crippen molar-refractivity contribution in [3.05, 3.63) is 28.7 Å². The fraction of sp³-hybridized carbons (Fsp3) is 0.556. The van der Waals surface area contributed by atoms with E-state index >= 15 is 0 Å². The Bertz CT molecular complexity index is 742. The minimum atomic E-state index is -3.65. The molecule has 9 heteroatoms. The molecule has 1 amide bonds. The van der Waals surface area contributed by atoms with Gasteiger partial charge in [0.15, 0.2) is 0 Å². The normalized spacial score (nSPS) is 11.9. The van der Waals surface area contributed by atoms with Gasteiger partial charge < -0.3 is 9.64 Å². The van der Waals surface area contributed by atoms with Crippen molar-refractivity contribution in [2.75, 3.05) is 20.1 Å². The highest BCUT2D eigenvalue weighted by Crippen LogP contribution is 2.14. The number of esters is 1. The molecule has 1 aromatic carbocycles. The standard InChI is InChI=1S/C18H27BrN2O5S/c1-18(2,3)26-17(23)6-5-13-21(4)16(22)11-12-20-27(24,25)15-9-7-14(19)8-10-15/h7-10,20H,5-6,11-13H2,1-4H3. The van der Waals surface area contributed by atoms with E-state index in [0.717, 1.165) is 4.47 Å². The first-order valence-electron chi connectivity index (χ1n) is 8.62. The summed E-state index contributed by atoms with van der Waals surface area (Å²) in [5.74, 6) is -0.497. The van der Waals surface area contributed by atoms with Crippen LogP contribution in [0.2, 0.25) is 0 Å². The van der Waals surface area contributed by atoms with E-state index in [4.69, 9.17) is 4.74 Å². The first-order valence-corrected chi connectivity index (χ1v) is 10.9. The summed E-state index contributed by atoms with van der Waals surface area (Å²) in [6.45, 7) is 5.81. The highest BCUT2D eigenvalue weighted by molar-refractivity contribution is 9.10. The predicted octanol–water partition coefficient (Wildman–Crippen LogP) is 2.70. The monoisotopic (exact) mass is 462 g/mol. The molecule has 0 atom stereocenters. The Labute approximate surface area is 169 Å². The van der Waals surface area contributed by atoms with Gasteiger partial charge in [0.05, 0.1) is 4.90 Å². The van der Waals surface area contributed by atoms with E-state index < -0.39 is 15.6 Å². The number of halogens is 1. The van der Waals surface area contributed by atoms with Gasteiger partial charge in [-0.25, -0.2) is 13.1 Å². The number of benzene rings is 1. The van der Waals surface area contributed by atoms with Gasteiger partial charge >= 0.3 is 5.97 Å². The zero-order valence-electron chi connectivity index (χ0n) is 16.1. The molecule has 0 spiro atoms. The molecule has 0 aliphatic carbocycles. The van der Waals surface area contributed by atoms with Crippen LogP contribution in [0.1, 0.15) is 40.0 Å². The molecule has 152 valence electrons. The number of ether oxygens (including phenoxy) is 1. The number of nitrogens with zero attached hydrogens (tertiary/aromatic N) is 1. The summed E-state index contributed by atoms with van der Waals surface area (Å²) in [5.41, 5.74) is -0.523. The van der Waals surface area contributed by atoms with Gasteiger partial charge in [-0.3, -0.25) is 9.59 Å². The van der Waals surface area contributed by atoms with Crippen LogP contribution in [0.3, 0.4) is 0 Å². The highest BCUT2D eigenvalue weighted by atomic mass is 79.9. The van der Waals surface area contributed by atoms with Crippen LogP contribution in [0.4, 0.5) is 0 Å². The van der Waals surface area contributed by atoms with E-state index in [1.165, 1.54) is 17.0 Å². The first-order chi connectivity index (χ1) is 12.4. The van der Waals surface area contributed by atoms with Crippen LogP contribution >= 0.6 is 15.9 Å². The van der Waals surface area contributed by atoms with E-state index in [9.17, 15) is 18.0 Å². The molecule has 0 aliphatic rings. The van der Waals surface area contributed by atoms with Gasteiger partial charge in [0.2, 0.25) is 15.9 Å². The van der Waals surface area contributed by atoms with Crippen molar-refractivity contribution in [2.24, 2.45) is 0 Å². The quantitative estimate of drug-likeness (QED) is 0.569. The van der Waals surface area contributed by atoms with Crippen LogP contribution in [0.5, 0.6) is 0 Å². The molecule has 0 fully saturated rings. The van der Waals surface area contributed by atoms with Crippen molar-refractivity contribution in [1.82, 2.24) is 9.62 Å². The van der Waals surface area contributed by atoms with Gasteiger partial charge in [0, 0.05) is 37.5 Å². The fourth-order valence-corrected chi connectivity index (χ4v) is 3.45. The van der Waals surface area contributed by atoms with Crippen molar-refractivity contribution < 1.29 is 22.7 Å². The van der Waals surface area contributed by atoms with Crippen LogP contribution < -0.4 is 4.72 Å². The molecule has 0 bridgehead atoms. The molecule has 1 N–H and O–H groups in total. The van der Waals surface area contributed by atoms with Crippen LogP contribution in [0.25, 0.3) is 0 Å². The fourth-order valence-electron chi connectivity index (χ4n) is 2.16. The summed E-state index contributed by atoms with van der Waals surface area (Å²) in [4.78, 5) is 25.4. The molecular formula is C18H27BrN2O5S. The van der Waals surface area contributed by atoms with Crippen LogP contribution in [0.15, 0.2) is 33.6 Å². The number of carbonyl (C=O) groups excluding carboxylic acids is 2. The molecule has 0 aromatic heterocycles. The molecule has 1 aromatic rings. The Morgan fingerprint density at radius 2 is 1.74 bits per heavy atom. The Morgan fingerprint density at radius 3 is 2.30 bits per heavy atom. The van der Waals surface area contributed by atoms with Gasteiger partial charge in [-0.05, 0) is 51.5 Å². The second-order valence-electron chi connectivity index (χ2n) is 7.11. The van der Waals surface area contributed by atoms with Gasteiger partial charge in [-0.15, -0.1) is 0 Å². The Kier molecular flexibility index (Phi) is 8.90. The number of sulfonamides is 1. The number of amides is 1. The largest absolute Gasteiger partial charge is 0.460 e. The number of hydrogen-bond acceptors (Lipinski definition) is 5. The van der Waals surface area contributed by atoms with Crippen LogP contribution in [0, 0.1) is 0 Å². The van der Waals surface area contributed by atoms with E-state index in [2.05, 4.69) is 20.7 Å². The van der Waals surface area contributed by atoms with Crippen LogP contribution in [-0.4, -0.2) is 50.9 Å². The highest BCUT2D eigenvalue weighted by Gasteiger charge is 2.17. The maximum absolute atomic E-state index is 12.2. The summed E-state index contributed by atoms with van der Waals surface area (Å²) in [6, 6.07) is 6.24. The summed E-state index contributed by atoms with van der Waals surface area (Å²) in [5, 5.41) is 0. The first kappa shape index (κ1) is 23.6. The smallest absolute Gasteiger partial charge is 0.306 e. The van der Waals surface area contributed by atoms with E-state index in [1.54, 1.807) is 40.0 Å². The van der Waals surface area contributed by atoms with Crippen LogP contribution in [-0.2, 0) is 24.3 Å². The van der Waals surface area contributed by atoms with Gasteiger partial charge in [0.1, 0.15) is 5.60 Å². The third-order valence-electron chi connectivity index (χ3n) is 3.48. The second-order valence-corrected chi connectivity index (χ2v) is 9.79. The van der Waals surface area contributed by atoms with Crippen molar-refractivity contribution in [2.45, 2.75) is 50.5 Å². The maximum Gasteiger partial charge on any atom is 0.306 e. The SMILES string of the molecule is CN(CCCC(=O)OC(C)(C)C)C(=O)CCNS(=O)(=O)c1ccc(Br)cc1. The molecule has 0 saturated carbocycles. The molecule has 0 radical (unpaired) electrons. The molecule has 0 unspecified atom stereocenters. The van der Waals surface area contributed by atoms with Gasteiger partial charge in [-0.1, -0.05) is 15.9 Å². The van der Waals surface area contributed by atoms with E-state index in [0.29, 0.717) is 13.0 Å². The second kappa shape index (κ2) is 10.2. The molecule has 27 heavy (non-hydrogen) atoms. The lowest BCUT2D eigenvalue weighted by Gasteiger charge is -2.20. The molecule has 0 heterocycles. The Balaban J connectivity index is 2.35. The van der Waals surface area contributed by atoms with Crippen molar-refractivity contribution >= 4 is 37.8 Å². The lowest BCUT2D eigenvalue weighted by atomic mass is 10.2. The van der Waals surface area contributed by atoms with E-state index in [-0.39, 0.29) is 36.2 Å². The zero-order valence-corrected chi connectivity index (χ0v) is 18.5. The number of rotatable bonds is 9. The maximum atomic E-state index is 12.2. The molecule has 1 rings (SSSR count). The zero-order chi connectivity index (χ0) is 20.7. The lowest BCUT2D eigenvalue weighted by Crippen LogP contribution is -2.33. The van der Waals surface area contributed by atoms with Crippen molar-refractivity contribution in [3.63, 3.8) is 0 Å². The number of hydrogen-bond donors (Lipinski definition) is 1. The third-order valence-corrected chi connectivity index (χ3v) is 5.48. The lowest BCUT2D eigenvalue weighted by molar-refractivity contribution is -0.155. The number of nitrogens with one attached hydrogen (secondary N) is 1.